The Morgan fingerprint density at radius 2 is 0.845 bits per heavy atom. The summed E-state index contributed by atoms with van der Waals surface area (Å²) >= 11 is 0. The molecule has 0 unspecified atom stereocenters. The molecule has 5 nitrogen and oxygen atoms in total. The van der Waals surface area contributed by atoms with Gasteiger partial charge in [0.2, 0.25) is 0 Å². The van der Waals surface area contributed by atoms with Gasteiger partial charge in [-0.3, -0.25) is 0 Å². The fourth-order valence-corrected chi connectivity index (χ4v) is 10.4. The van der Waals surface area contributed by atoms with E-state index in [1.807, 2.05) is 0 Å². The zero-order valence-electron chi connectivity index (χ0n) is 32.7. The van der Waals surface area contributed by atoms with Crippen molar-refractivity contribution in [3.05, 3.63) is 194 Å². The van der Waals surface area contributed by atoms with E-state index in [0.717, 1.165) is 39.8 Å². The average molecular weight is 746 g/mol. The second kappa shape index (κ2) is 12.2. The van der Waals surface area contributed by atoms with Gasteiger partial charge in [0.15, 0.2) is 0 Å². The number of aryl methyl sites for hydroxylation is 1. The van der Waals surface area contributed by atoms with Gasteiger partial charge in [-0.15, -0.1) is 0 Å². The van der Waals surface area contributed by atoms with Crippen molar-refractivity contribution >= 4 is 97.0 Å². The monoisotopic (exact) mass is 745 g/mol. The Kier molecular flexibility index (Phi) is 6.92. The SMILES string of the molecule is Cc1cc2c3c(c1)N1c4c(cccc4N(c4ccccc4)C1(C)C)B3c1ccc(N3c4ccccc4N(c4ccccc4)c4ccccc43)cc1N2c1ccccc1. The molecule has 4 aliphatic rings. The van der Waals surface area contributed by atoms with Gasteiger partial charge in [-0.05, 0) is 134 Å². The number of benzene rings is 8. The number of hydrogen-bond donors (Lipinski definition) is 0. The van der Waals surface area contributed by atoms with E-state index in [-0.39, 0.29) is 12.4 Å². The lowest BCUT2D eigenvalue weighted by molar-refractivity contribution is 0.541. The first-order valence-electron chi connectivity index (χ1n) is 20.2. The van der Waals surface area contributed by atoms with E-state index in [4.69, 9.17) is 0 Å². The van der Waals surface area contributed by atoms with Crippen LogP contribution < -0.4 is 40.9 Å². The van der Waals surface area contributed by atoms with Gasteiger partial charge in [0.1, 0.15) is 5.66 Å². The van der Waals surface area contributed by atoms with E-state index in [0.29, 0.717) is 0 Å². The van der Waals surface area contributed by atoms with Crippen molar-refractivity contribution < 1.29 is 0 Å². The fourth-order valence-electron chi connectivity index (χ4n) is 10.4. The molecule has 0 aliphatic carbocycles. The predicted octanol–water partition coefficient (Wildman–Crippen LogP) is 11.9. The minimum atomic E-state index is -0.364. The molecule has 0 bridgehead atoms. The highest BCUT2D eigenvalue weighted by Crippen LogP contribution is 2.57. The Morgan fingerprint density at radius 3 is 1.43 bits per heavy atom. The van der Waals surface area contributed by atoms with Crippen LogP contribution in [0.4, 0.5) is 73.9 Å². The molecule has 4 heterocycles. The zero-order chi connectivity index (χ0) is 38.7. The molecule has 0 saturated heterocycles. The average Bonchev–Trinajstić information content (AvgIpc) is 3.51. The van der Waals surface area contributed by atoms with Gasteiger partial charge in [0.25, 0.3) is 6.71 Å². The zero-order valence-corrected chi connectivity index (χ0v) is 32.7. The number of anilines is 13. The Labute approximate surface area is 340 Å². The van der Waals surface area contributed by atoms with Gasteiger partial charge in [-0.2, -0.15) is 0 Å². The molecular weight excluding hydrogens is 705 g/mol. The highest BCUT2D eigenvalue weighted by Gasteiger charge is 2.53. The van der Waals surface area contributed by atoms with Crippen LogP contribution in [0.1, 0.15) is 19.4 Å². The molecule has 276 valence electrons. The standard InChI is InChI=1S/C52H40BN5/c1-35-32-48-50-49(33-35)58-51-41(24-17-29-46(51)57(52(58,2)3)38-22-11-6-12-23-38)53(50)40-31-30-39(34-47(40)55(48)37-20-9-5-10-21-37)56-44-27-15-13-25-42(44)54(36-18-7-4-8-19-36)43-26-14-16-28-45(43)56/h4-34H,1-3H3. The third-order valence-electron chi connectivity index (χ3n) is 12.6. The van der Waals surface area contributed by atoms with E-state index in [1.54, 1.807) is 0 Å². The van der Waals surface area contributed by atoms with Crippen molar-refractivity contribution in [3.63, 3.8) is 0 Å². The first kappa shape index (κ1) is 33.0. The van der Waals surface area contributed by atoms with Gasteiger partial charge in [-0.1, -0.05) is 97.1 Å². The van der Waals surface area contributed by atoms with Gasteiger partial charge in [0, 0.05) is 39.8 Å². The van der Waals surface area contributed by atoms with Crippen molar-refractivity contribution in [2.24, 2.45) is 0 Å². The van der Waals surface area contributed by atoms with Crippen molar-refractivity contribution in [3.8, 4) is 0 Å². The molecule has 8 aromatic carbocycles. The molecule has 58 heavy (non-hydrogen) atoms. The molecule has 0 spiro atoms. The van der Waals surface area contributed by atoms with Crippen LogP contribution in [-0.4, -0.2) is 12.4 Å². The molecule has 0 saturated carbocycles. The molecule has 12 rings (SSSR count). The van der Waals surface area contributed by atoms with E-state index in [9.17, 15) is 0 Å². The van der Waals surface area contributed by atoms with Gasteiger partial charge >= 0.3 is 0 Å². The normalized spacial score (nSPS) is 15.1. The van der Waals surface area contributed by atoms with Crippen molar-refractivity contribution in [1.82, 2.24) is 0 Å². The maximum absolute atomic E-state index is 2.62. The molecule has 4 aliphatic heterocycles. The maximum atomic E-state index is 2.62. The van der Waals surface area contributed by atoms with Gasteiger partial charge in [0.05, 0.1) is 34.1 Å². The van der Waals surface area contributed by atoms with Crippen LogP contribution >= 0.6 is 0 Å². The maximum Gasteiger partial charge on any atom is 0.252 e. The lowest BCUT2D eigenvalue weighted by Gasteiger charge is -2.47. The Morgan fingerprint density at radius 1 is 0.362 bits per heavy atom. The number of rotatable bonds is 4. The molecule has 0 atom stereocenters. The molecule has 0 radical (unpaired) electrons. The third-order valence-corrected chi connectivity index (χ3v) is 12.6. The van der Waals surface area contributed by atoms with E-state index in [1.165, 1.54) is 56.1 Å². The second-order valence-electron chi connectivity index (χ2n) is 16.3. The predicted molar refractivity (Wildman–Crippen MR) is 245 cm³/mol. The number of fused-ring (bicyclic) bond motifs is 6. The molecule has 0 fully saturated rings. The number of nitrogens with zero attached hydrogens (tertiary/aromatic N) is 5. The molecule has 8 aromatic rings. The van der Waals surface area contributed by atoms with E-state index < -0.39 is 0 Å². The highest BCUT2D eigenvalue weighted by atomic mass is 15.5. The summed E-state index contributed by atoms with van der Waals surface area (Å²) in [5, 5.41) is 0. The highest BCUT2D eigenvalue weighted by molar-refractivity contribution is 7.00. The smallest absolute Gasteiger partial charge is 0.252 e. The van der Waals surface area contributed by atoms with Crippen LogP contribution in [0.3, 0.4) is 0 Å². The summed E-state index contributed by atoms with van der Waals surface area (Å²) in [6.45, 7) is 7.02. The molecule has 0 amide bonds. The summed E-state index contributed by atoms with van der Waals surface area (Å²) in [6, 6.07) is 69.1. The van der Waals surface area contributed by atoms with Gasteiger partial charge < -0.3 is 24.5 Å². The second-order valence-corrected chi connectivity index (χ2v) is 16.3. The summed E-state index contributed by atoms with van der Waals surface area (Å²) in [5.41, 5.74) is 20.3. The topological polar surface area (TPSA) is 16.2 Å². The van der Waals surface area contributed by atoms with Crippen molar-refractivity contribution in [2.45, 2.75) is 26.4 Å². The minimum absolute atomic E-state index is 0.0434. The minimum Gasteiger partial charge on any atom is -0.317 e. The summed E-state index contributed by atoms with van der Waals surface area (Å²) in [5.74, 6) is 0. The van der Waals surface area contributed by atoms with E-state index >= 15 is 0 Å². The largest absolute Gasteiger partial charge is 0.317 e. The van der Waals surface area contributed by atoms with Crippen LogP contribution in [-0.2, 0) is 0 Å². The first-order valence-corrected chi connectivity index (χ1v) is 20.2. The van der Waals surface area contributed by atoms with E-state index in [2.05, 4.69) is 233 Å². The Bertz CT molecular complexity index is 2880. The van der Waals surface area contributed by atoms with Crippen molar-refractivity contribution in [1.29, 1.82) is 0 Å². The van der Waals surface area contributed by atoms with Crippen LogP contribution in [0, 0.1) is 6.92 Å². The van der Waals surface area contributed by atoms with Crippen molar-refractivity contribution in [2.75, 3.05) is 24.5 Å². The molecular formula is C52H40BN5. The van der Waals surface area contributed by atoms with Crippen LogP contribution in [0.15, 0.2) is 188 Å². The summed E-state index contributed by atoms with van der Waals surface area (Å²) in [4.78, 5) is 12.5. The third kappa shape index (κ3) is 4.48. The summed E-state index contributed by atoms with van der Waals surface area (Å²) in [6.07, 6.45) is 0. The quantitative estimate of drug-likeness (QED) is 0.166. The molecule has 6 heteroatoms. The lowest BCUT2D eigenvalue weighted by atomic mass is 9.33. The lowest BCUT2D eigenvalue weighted by Crippen LogP contribution is -2.63. The first-order chi connectivity index (χ1) is 28.5. The summed E-state index contributed by atoms with van der Waals surface area (Å²) < 4.78 is 0. The Balaban J connectivity index is 1.11. The fraction of sp³-hybridized carbons (Fsp3) is 0.0769. The van der Waals surface area contributed by atoms with Crippen LogP contribution in [0.5, 0.6) is 0 Å². The number of hydrogen-bond acceptors (Lipinski definition) is 5. The molecule has 0 aromatic heterocycles. The summed E-state index contributed by atoms with van der Waals surface area (Å²) in [7, 11) is 0. The Hall–Kier alpha value is -7.18. The molecule has 0 N–H and O–H groups in total. The number of para-hydroxylation sites is 8. The van der Waals surface area contributed by atoms with Crippen LogP contribution in [0.25, 0.3) is 0 Å². The van der Waals surface area contributed by atoms with Gasteiger partial charge in [-0.25, -0.2) is 0 Å². The van der Waals surface area contributed by atoms with Crippen LogP contribution in [0.2, 0.25) is 0 Å².